The molecule has 9 aromatic rings. The summed E-state index contributed by atoms with van der Waals surface area (Å²) in [6.45, 7) is 23.7. The second-order valence-electron chi connectivity index (χ2n) is 21.9. The highest BCUT2D eigenvalue weighted by Gasteiger charge is 2.37. The van der Waals surface area contributed by atoms with Crippen molar-refractivity contribution >= 4 is 33.2 Å². The van der Waals surface area contributed by atoms with Crippen LogP contribution in [-0.2, 0) is 21.7 Å². The lowest BCUT2D eigenvalue weighted by Gasteiger charge is -2.35. The van der Waals surface area contributed by atoms with E-state index in [9.17, 15) is 0 Å². The maximum atomic E-state index is 7.04. The minimum absolute atomic E-state index is 0.0533. The molecule has 69 heavy (non-hydrogen) atoms. The Kier molecular flexibility index (Phi) is 11.4. The Morgan fingerprint density at radius 2 is 1.03 bits per heavy atom. The quantitative estimate of drug-likeness (QED) is 0.137. The summed E-state index contributed by atoms with van der Waals surface area (Å²) in [5, 5.41) is 2.33. The highest BCUT2D eigenvalue weighted by atomic mass is 16.5. The zero-order valence-electron chi connectivity index (χ0n) is 41.9. The van der Waals surface area contributed by atoms with Crippen LogP contribution in [0.15, 0.2) is 200 Å². The van der Waals surface area contributed by atoms with Gasteiger partial charge in [-0.2, -0.15) is 0 Å². The van der Waals surface area contributed by atoms with E-state index in [0.717, 1.165) is 39.4 Å². The van der Waals surface area contributed by atoms with E-state index in [1.807, 2.05) is 6.20 Å². The van der Waals surface area contributed by atoms with Gasteiger partial charge >= 0.3 is 0 Å². The van der Waals surface area contributed by atoms with Gasteiger partial charge in [0.25, 0.3) is 0 Å². The van der Waals surface area contributed by atoms with E-state index < -0.39 is 0 Å². The molecule has 0 spiro atoms. The molecule has 0 saturated heterocycles. The van der Waals surface area contributed by atoms with Crippen molar-refractivity contribution in [2.24, 2.45) is 0 Å². The Hall–Kier alpha value is -7.37. The summed E-state index contributed by atoms with van der Waals surface area (Å²) in [7, 11) is 0. The van der Waals surface area contributed by atoms with Crippen molar-refractivity contribution in [3.8, 4) is 28.4 Å². The van der Waals surface area contributed by atoms with Crippen molar-refractivity contribution in [1.29, 1.82) is 0 Å². The van der Waals surface area contributed by atoms with Gasteiger partial charge in [0.1, 0.15) is 17.3 Å². The number of allylic oxidation sites excluding steroid dienone is 1. The van der Waals surface area contributed by atoms with Crippen molar-refractivity contribution in [2.75, 3.05) is 16.5 Å². The average molecular weight is 905 g/mol. The first kappa shape index (κ1) is 45.4. The summed E-state index contributed by atoms with van der Waals surface area (Å²) in [5.74, 6) is 2.43. The average Bonchev–Trinajstić information content (AvgIpc) is 3.95. The van der Waals surface area contributed by atoms with Gasteiger partial charge in [0, 0.05) is 63.2 Å². The molecule has 0 atom stereocenters. The van der Waals surface area contributed by atoms with E-state index >= 15 is 0 Å². The van der Waals surface area contributed by atoms with E-state index in [2.05, 4.69) is 272 Å². The second kappa shape index (κ2) is 17.3. The topological polar surface area (TPSA) is 33.5 Å². The van der Waals surface area contributed by atoms with Crippen LogP contribution in [0.25, 0.3) is 38.8 Å². The van der Waals surface area contributed by atoms with E-state index in [1.54, 1.807) is 0 Å². The fourth-order valence-electron chi connectivity index (χ4n) is 9.95. The van der Waals surface area contributed by atoms with Crippen LogP contribution in [0.5, 0.6) is 11.5 Å². The van der Waals surface area contributed by atoms with Crippen LogP contribution in [0, 0.1) is 0 Å². The Morgan fingerprint density at radius 1 is 0.435 bits per heavy atom. The Morgan fingerprint density at radius 3 is 1.71 bits per heavy atom. The normalized spacial score (nSPS) is 13.6. The minimum atomic E-state index is -0.318. The number of pyridine rings is 1. The summed E-state index contributed by atoms with van der Waals surface area (Å²) in [6.07, 6.45) is 4.31. The van der Waals surface area contributed by atoms with Crippen LogP contribution >= 0.6 is 0 Å². The van der Waals surface area contributed by atoms with Crippen LogP contribution in [0.4, 0.5) is 11.4 Å². The Labute approximate surface area is 409 Å². The van der Waals surface area contributed by atoms with Crippen LogP contribution in [0.1, 0.15) is 97.1 Å². The SMILES string of the molecule is CC(C)(C)c1cc(Oc2ccc3c4ccccc4n(-c4cc(C(C)(C)c5ccccc5)ccn4)c3c2)cc(N2C=C(C(C)(C)c3ccccc3)N(c3cc(-c4ccccc4)cc(C(C)(C)C)c3)C2)c1. The molecule has 1 aliphatic heterocycles. The Bertz CT molecular complexity index is 3350. The van der Waals surface area contributed by atoms with Gasteiger partial charge in [-0.1, -0.05) is 184 Å². The predicted molar refractivity (Wildman–Crippen MR) is 290 cm³/mol. The van der Waals surface area contributed by atoms with Crippen molar-refractivity contribution in [2.45, 2.75) is 90.9 Å². The highest BCUT2D eigenvalue weighted by Crippen LogP contribution is 2.45. The van der Waals surface area contributed by atoms with Crippen LogP contribution in [-0.4, -0.2) is 16.2 Å². The number of hydrogen-bond donors (Lipinski definition) is 0. The molecule has 0 aliphatic carbocycles. The molecule has 0 fully saturated rings. The van der Waals surface area contributed by atoms with Gasteiger partial charge in [-0.15, -0.1) is 0 Å². The first-order valence-electron chi connectivity index (χ1n) is 24.4. The minimum Gasteiger partial charge on any atom is -0.457 e. The third-order valence-electron chi connectivity index (χ3n) is 14.4. The van der Waals surface area contributed by atoms with Crippen molar-refractivity contribution in [3.63, 3.8) is 0 Å². The molecule has 0 bridgehead atoms. The monoisotopic (exact) mass is 905 g/mol. The molecule has 0 unspecified atom stereocenters. The lowest BCUT2D eigenvalue weighted by molar-refractivity contribution is 0.479. The van der Waals surface area contributed by atoms with Gasteiger partial charge < -0.3 is 14.5 Å². The molecule has 0 amide bonds. The molecule has 1 aliphatic rings. The molecule has 3 heterocycles. The maximum absolute atomic E-state index is 7.04. The van der Waals surface area contributed by atoms with Crippen molar-refractivity contribution in [3.05, 3.63) is 228 Å². The first-order valence-corrected chi connectivity index (χ1v) is 24.4. The zero-order valence-corrected chi connectivity index (χ0v) is 41.9. The van der Waals surface area contributed by atoms with E-state index in [-0.39, 0.29) is 21.7 Å². The van der Waals surface area contributed by atoms with E-state index in [0.29, 0.717) is 6.67 Å². The standard InChI is InChI=1S/C64H64N4O/c1-61(2,3)49-34-45(44-22-14-11-15-23-44)35-52(37-49)67-43-66(42-59(67)64(9,10)47-26-18-13-19-27-47)51-36-50(62(4,5)6)38-54(40-51)69-53-30-31-56-55-28-20-21-29-57(55)68(58(56)41-53)60-39-48(32-33-65-60)63(7,8)46-24-16-12-17-25-46/h11-42H,43H2,1-10H3. The number of aromatic nitrogens is 2. The summed E-state index contributed by atoms with van der Waals surface area (Å²) in [5.41, 5.74) is 13.5. The first-order chi connectivity index (χ1) is 32.9. The van der Waals surface area contributed by atoms with E-state index in [1.165, 1.54) is 55.7 Å². The maximum Gasteiger partial charge on any atom is 0.137 e. The highest BCUT2D eigenvalue weighted by molar-refractivity contribution is 6.09. The number of ether oxygens (including phenoxy) is 1. The van der Waals surface area contributed by atoms with Gasteiger partial charge in [-0.3, -0.25) is 4.57 Å². The molecule has 346 valence electrons. The number of nitrogens with zero attached hydrogens (tertiary/aromatic N) is 4. The number of rotatable bonds is 10. The molecular formula is C64H64N4O. The molecule has 10 rings (SSSR count). The number of fused-ring (bicyclic) bond motifs is 3. The summed E-state index contributed by atoms with van der Waals surface area (Å²) < 4.78 is 9.33. The summed E-state index contributed by atoms with van der Waals surface area (Å²) >= 11 is 0. The lowest BCUT2D eigenvalue weighted by Crippen LogP contribution is -2.34. The molecule has 7 aromatic carbocycles. The van der Waals surface area contributed by atoms with Gasteiger partial charge in [0.15, 0.2) is 0 Å². The fourth-order valence-corrected chi connectivity index (χ4v) is 9.95. The van der Waals surface area contributed by atoms with E-state index in [4.69, 9.17) is 9.72 Å². The number of anilines is 2. The molecule has 2 aromatic heterocycles. The van der Waals surface area contributed by atoms with Gasteiger partial charge in [0.2, 0.25) is 0 Å². The molecule has 5 heteroatoms. The van der Waals surface area contributed by atoms with Crippen molar-refractivity contribution in [1.82, 2.24) is 9.55 Å². The second-order valence-corrected chi connectivity index (χ2v) is 21.9. The number of para-hydroxylation sites is 1. The number of hydrogen-bond acceptors (Lipinski definition) is 4. The van der Waals surface area contributed by atoms with Crippen LogP contribution in [0.2, 0.25) is 0 Å². The molecule has 5 nitrogen and oxygen atoms in total. The third-order valence-corrected chi connectivity index (χ3v) is 14.4. The Balaban J connectivity index is 1.07. The van der Waals surface area contributed by atoms with Crippen LogP contribution in [0.3, 0.4) is 0 Å². The molecule has 0 radical (unpaired) electrons. The predicted octanol–water partition coefficient (Wildman–Crippen LogP) is 16.7. The summed E-state index contributed by atoms with van der Waals surface area (Å²) in [4.78, 5) is 9.94. The molecule has 0 saturated carbocycles. The smallest absolute Gasteiger partial charge is 0.137 e. The fraction of sp³-hybridized carbons (Fsp3) is 0.234. The lowest BCUT2D eigenvalue weighted by atomic mass is 9.78. The summed E-state index contributed by atoms with van der Waals surface area (Å²) in [6, 6.07) is 65.8. The van der Waals surface area contributed by atoms with Crippen LogP contribution < -0.4 is 14.5 Å². The molecule has 0 N–H and O–H groups in total. The molecular weight excluding hydrogens is 841 g/mol. The van der Waals surface area contributed by atoms with Gasteiger partial charge in [-0.05, 0) is 104 Å². The van der Waals surface area contributed by atoms with Gasteiger partial charge in [0.05, 0.1) is 17.7 Å². The van der Waals surface area contributed by atoms with Crippen molar-refractivity contribution < 1.29 is 4.74 Å². The zero-order chi connectivity index (χ0) is 48.3. The van der Waals surface area contributed by atoms with Gasteiger partial charge in [-0.25, -0.2) is 4.98 Å². The largest absolute Gasteiger partial charge is 0.457 e. The third kappa shape index (κ3) is 8.72. The number of benzene rings is 7.